The summed E-state index contributed by atoms with van der Waals surface area (Å²) in [6, 6.07) is 0.334. The number of amides is 1. The fourth-order valence-electron chi connectivity index (χ4n) is 2.77. The molecule has 0 saturated heterocycles. The Morgan fingerprint density at radius 2 is 2.08 bits per heavy atom. The third-order valence-corrected chi connectivity index (χ3v) is 4.89. The molecule has 0 unspecified atom stereocenters. The van der Waals surface area contributed by atoms with Crippen molar-refractivity contribution in [3.05, 3.63) is 10.0 Å². The molecule has 2 heterocycles. The molecule has 2 N–H and O–H groups in total. The molecule has 0 aromatic carbocycles. The SMILES string of the molecule is CN(C(=O)OC(C)(C)C)[C@H]1C[C@@H](n2nc(I)c3c(N)ncnc32)C1. The molecule has 1 aliphatic rings. The zero-order valence-corrected chi connectivity index (χ0v) is 16.3. The van der Waals surface area contributed by atoms with Crippen LogP contribution in [-0.4, -0.2) is 49.4 Å². The number of carbonyl (C=O) groups is 1. The minimum absolute atomic E-state index is 0.140. The van der Waals surface area contributed by atoms with Crippen molar-refractivity contribution in [1.82, 2.24) is 24.6 Å². The second-order valence-electron chi connectivity index (χ2n) is 7.06. The maximum atomic E-state index is 12.1. The van der Waals surface area contributed by atoms with Gasteiger partial charge in [0.2, 0.25) is 0 Å². The lowest BCUT2D eigenvalue weighted by Gasteiger charge is -2.41. The van der Waals surface area contributed by atoms with E-state index in [1.807, 2.05) is 25.5 Å². The van der Waals surface area contributed by atoms with E-state index in [9.17, 15) is 4.79 Å². The van der Waals surface area contributed by atoms with Gasteiger partial charge < -0.3 is 15.4 Å². The van der Waals surface area contributed by atoms with Crippen LogP contribution in [0.1, 0.15) is 39.7 Å². The van der Waals surface area contributed by atoms with E-state index < -0.39 is 5.60 Å². The lowest BCUT2D eigenvalue weighted by molar-refractivity contribution is 0.00717. The van der Waals surface area contributed by atoms with Gasteiger partial charge in [-0.1, -0.05) is 0 Å². The predicted molar refractivity (Wildman–Crippen MR) is 98.5 cm³/mol. The van der Waals surface area contributed by atoms with Gasteiger partial charge in [0.05, 0.1) is 11.4 Å². The molecule has 3 rings (SSSR count). The van der Waals surface area contributed by atoms with Crippen molar-refractivity contribution in [2.45, 2.75) is 51.3 Å². The first-order valence-electron chi connectivity index (χ1n) is 7.77. The Bertz CT molecular complexity index is 778. The number of nitrogen functional groups attached to an aromatic ring is 1. The van der Waals surface area contributed by atoms with Crippen molar-refractivity contribution in [3.8, 4) is 0 Å². The van der Waals surface area contributed by atoms with Crippen LogP contribution in [-0.2, 0) is 4.74 Å². The molecule has 0 radical (unpaired) electrons. The van der Waals surface area contributed by atoms with Gasteiger partial charge in [-0.15, -0.1) is 0 Å². The topological polar surface area (TPSA) is 99.2 Å². The van der Waals surface area contributed by atoms with Crippen LogP contribution in [0.5, 0.6) is 0 Å². The number of carbonyl (C=O) groups excluding carboxylic acids is 1. The molecule has 1 aliphatic carbocycles. The normalized spacial score (nSPS) is 20.7. The van der Waals surface area contributed by atoms with Crippen molar-refractivity contribution >= 4 is 45.5 Å². The summed E-state index contributed by atoms with van der Waals surface area (Å²) in [5.41, 5.74) is 6.18. The molecule has 130 valence electrons. The van der Waals surface area contributed by atoms with E-state index in [-0.39, 0.29) is 18.2 Å². The third kappa shape index (κ3) is 3.13. The van der Waals surface area contributed by atoms with E-state index in [1.165, 1.54) is 6.33 Å². The number of anilines is 1. The molecule has 2 aromatic rings. The van der Waals surface area contributed by atoms with E-state index in [4.69, 9.17) is 10.5 Å². The smallest absolute Gasteiger partial charge is 0.410 e. The number of hydrogen-bond acceptors (Lipinski definition) is 6. The average molecular weight is 444 g/mol. The largest absolute Gasteiger partial charge is 0.444 e. The molecule has 8 nitrogen and oxygen atoms in total. The first kappa shape index (κ1) is 17.2. The Balaban J connectivity index is 1.71. The van der Waals surface area contributed by atoms with Gasteiger partial charge in [-0.3, -0.25) is 0 Å². The van der Waals surface area contributed by atoms with Crippen molar-refractivity contribution in [2.75, 3.05) is 12.8 Å². The van der Waals surface area contributed by atoms with Crippen molar-refractivity contribution in [2.24, 2.45) is 0 Å². The number of fused-ring (bicyclic) bond motifs is 1. The lowest BCUT2D eigenvalue weighted by atomic mass is 9.86. The highest BCUT2D eigenvalue weighted by Gasteiger charge is 2.38. The maximum Gasteiger partial charge on any atom is 0.410 e. The molecule has 1 amide bonds. The van der Waals surface area contributed by atoms with E-state index in [0.717, 1.165) is 27.6 Å². The zero-order valence-electron chi connectivity index (χ0n) is 14.2. The minimum Gasteiger partial charge on any atom is -0.444 e. The van der Waals surface area contributed by atoms with Gasteiger partial charge in [0.15, 0.2) is 5.65 Å². The lowest BCUT2D eigenvalue weighted by Crippen LogP contribution is -2.48. The molecule has 24 heavy (non-hydrogen) atoms. The summed E-state index contributed by atoms with van der Waals surface area (Å²) in [7, 11) is 1.78. The number of nitrogens with two attached hydrogens (primary N) is 1. The van der Waals surface area contributed by atoms with Gasteiger partial charge in [-0.05, 0) is 56.2 Å². The summed E-state index contributed by atoms with van der Waals surface area (Å²) in [5, 5.41) is 5.35. The molecular formula is C15H21IN6O2. The summed E-state index contributed by atoms with van der Waals surface area (Å²) in [4.78, 5) is 22.2. The second kappa shape index (κ2) is 6.01. The number of rotatable bonds is 2. The van der Waals surface area contributed by atoms with Crippen LogP contribution in [0.4, 0.5) is 10.6 Å². The molecule has 1 fully saturated rings. The monoisotopic (exact) mass is 444 g/mol. The number of nitrogens with zero attached hydrogens (tertiary/aromatic N) is 5. The third-order valence-electron chi connectivity index (χ3n) is 4.14. The Hall–Kier alpha value is -1.65. The molecule has 0 spiro atoms. The number of ether oxygens (including phenoxy) is 1. The minimum atomic E-state index is -0.489. The summed E-state index contributed by atoms with van der Waals surface area (Å²) in [6.07, 6.45) is 2.78. The molecule has 0 bridgehead atoms. The Kier molecular flexibility index (Phi) is 4.30. The van der Waals surface area contributed by atoms with Crippen LogP contribution in [0.3, 0.4) is 0 Å². The standard InChI is InChI=1S/C15H21IN6O2/c1-15(2,3)24-14(23)21(4)8-5-9(6-8)22-13-10(11(16)20-22)12(17)18-7-19-13/h7-9H,5-6H2,1-4H3,(H2,17,18,19)/t8-,9+. The summed E-state index contributed by atoms with van der Waals surface area (Å²) < 4.78 is 8.11. The van der Waals surface area contributed by atoms with Gasteiger partial charge in [-0.25, -0.2) is 19.4 Å². The summed E-state index contributed by atoms with van der Waals surface area (Å²) in [6.45, 7) is 5.60. The highest BCUT2D eigenvalue weighted by molar-refractivity contribution is 14.1. The van der Waals surface area contributed by atoms with Crippen LogP contribution in [0, 0.1) is 3.70 Å². The van der Waals surface area contributed by atoms with Crippen LogP contribution in [0.2, 0.25) is 0 Å². The van der Waals surface area contributed by atoms with Gasteiger partial charge in [-0.2, -0.15) is 5.10 Å². The Morgan fingerprint density at radius 3 is 2.71 bits per heavy atom. The highest BCUT2D eigenvalue weighted by atomic mass is 127. The zero-order chi connectivity index (χ0) is 17.6. The summed E-state index contributed by atoms with van der Waals surface area (Å²) >= 11 is 2.15. The molecule has 1 saturated carbocycles. The number of aromatic nitrogens is 4. The number of hydrogen-bond donors (Lipinski definition) is 1. The average Bonchev–Trinajstić information content (AvgIpc) is 2.73. The second-order valence-corrected chi connectivity index (χ2v) is 8.09. The molecule has 0 atom stereocenters. The first-order chi connectivity index (χ1) is 11.2. The maximum absolute atomic E-state index is 12.1. The molecule has 9 heteroatoms. The van der Waals surface area contributed by atoms with E-state index in [2.05, 4.69) is 37.7 Å². The van der Waals surface area contributed by atoms with Crippen molar-refractivity contribution in [1.29, 1.82) is 0 Å². The fraction of sp³-hybridized carbons (Fsp3) is 0.600. The molecule has 0 aliphatic heterocycles. The molecular weight excluding hydrogens is 423 g/mol. The van der Waals surface area contributed by atoms with Crippen molar-refractivity contribution in [3.63, 3.8) is 0 Å². The molecule has 2 aromatic heterocycles. The van der Waals surface area contributed by atoms with Gasteiger partial charge in [0, 0.05) is 13.1 Å². The Morgan fingerprint density at radius 1 is 1.42 bits per heavy atom. The quantitative estimate of drug-likeness (QED) is 0.715. The van der Waals surface area contributed by atoms with Crippen LogP contribution < -0.4 is 5.73 Å². The van der Waals surface area contributed by atoms with Gasteiger partial charge >= 0.3 is 6.09 Å². The van der Waals surface area contributed by atoms with Gasteiger partial charge in [0.25, 0.3) is 0 Å². The van der Waals surface area contributed by atoms with E-state index in [1.54, 1.807) is 11.9 Å². The Labute approximate surface area is 153 Å². The number of halogens is 1. The predicted octanol–water partition coefficient (Wildman–Crippen LogP) is 2.58. The van der Waals surface area contributed by atoms with E-state index >= 15 is 0 Å². The van der Waals surface area contributed by atoms with Crippen LogP contribution >= 0.6 is 22.6 Å². The van der Waals surface area contributed by atoms with Crippen molar-refractivity contribution < 1.29 is 9.53 Å². The van der Waals surface area contributed by atoms with Gasteiger partial charge in [0.1, 0.15) is 21.4 Å². The fourth-order valence-corrected chi connectivity index (χ4v) is 3.52. The van der Waals surface area contributed by atoms with Crippen LogP contribution in [0.25, 0.3) is 11.0 Å². The highest BCUT2D eigenvalue weighted by Crippen LogP contribution is 2.38. The van der Waals surface area contributed by atoms with Crippen LogP contribution in [0.15, 0.2) is 6.33 Å². The van der Waals surface area contributed by atoms with E-state index in [0.29, 0.717) is 5.82 Å². The first-order valence-corrected chi connectivity index (χ1v) is 8.85. The summed E-state index contributed by atoms with van der Waals surface area (Å²) in [5.74, 6) is 0.442.